The first kappa shape index (κ1) is 14.9. The fraction of sp³-hybridized carbons (Fsp3) is 0.588. The number of para-hydroxylation sites is 1. The van der Waals surface area contributed by atoms with Crippen molar-refractivity contribution in [1.29, 1.82) is 0 Å². The maximum absolute atomic E-state index is 11.9. The summed E-state index contributed by atoms with van der Waals surface area (Å²) in [5.41, 5.74) is 0.539. The average Bonchev–Trinajstić information content (AvgIpc) is 2.45. The standard InChI is InChI=1S/C17H25NO2/c1-3-18(15-9-5-4-6-10-15)13-17(16(19)20)11-7-8-14(2)12-17/h4-6,9-10,14H,3,7-8,11-13H2,1-2H3,(H,19,20). The minimum absolute atomic E-state index is 0.509. The molecule has 0 aromatic heterocycles. The molecular formula is C17H25NO2. The van der Waals surface area contributed by atoms with Crippen molar-refractivity contribution in [2.24, 2.45) is 11.3 Å². The van der Waals surface area contributed by atoms with Crippen molar-refractivity contribution in [2.75, 3.05) is 18.0 Å². The van der Waals surface area contributed by atoms with Crippen LogP contribution in [0.1, 0.15) is 39.5 Å². The Hall–Kier alpha value is -1.51. The van der Waals surface area contributed by atoms with Gasteiger partial charge in [0.25, 0.3) is 0 Å². The molecule has 0 aliphatic heterocycles. The van der Waals surface area contributed by atoms with Crippen LogP contribution in [0.5, 0.6) is 0 Å². The lowest BCUT2D eigenvalue weighted by Gasteiger charge is -2.40. The van der Waals surface area contributed by atoms with Crippen LogP contribution in [-0.2, 0) is 4.79 Å². The van der Waals surface area contributed by atoms with E-state index in [4.69, 9.17) is 0 Å². The number of hydrogen-bond donors (Lipinski definition) is 1. The molecule has 2 unspecified atom stereocenters. The van der Waals surface area contributed by atoms with E-state index in [9.17, 15) is 9.90 Å². The molecule has 3 heteroatoms. The summed E-state index contributed by atoms with van der Waals surface area (Å²) in [6.45, 7) is 5.73. The molecule has 0 saturated heterocycles. The molecule has 0 amide bonds. The number of nitrogens with zero attached hydrogens (tertiary/aromatic N) is 1. The Balaban J connectivity index is 2.20. The SMILES string of the molecule is CCN(CC1(C(=O)O)CCCC(C)C1)c1ccccc1. The summed E-state index contributed by atoms with van der Waals surface area (Å²) in [5.74, 6) is -0.118. The van der Waals surface area contributed by atoms with Crippen LogP contribution in [0.4, 0.5) is 5.69 Å². The predicted molar refractivity (Wildman–Crippen MR) is 82.0 cm³/mol. The first-order chi connectivity index (χ1) is 9.57. The van der Waals surface area contributed by atoms with Crippen LogP contribution in [0.25, 0.3) is 0 Å². The van der Waals surface area contributed by atoms with Crippen molar-refractivity contribution in [3.8, 4) is 0 Å². The highest BCUT2D eigenvalue weighted by Gasteiger charge is 2.43. The Morgan fingerprint density at radius 1 is 1.40 bits per heavy atom. The van der Waals surface area contributed by atoms with Gasteiger partial charge in [-0.05, 0) is 37.8 Å². The highest BCUT2D eigenvalue weighted by molar-refractivity contribution is 5.76. The van der Waals surface area contributed by atoms with Crippen molar-refractivity contribution < 1.29 is 9.90 Å². The molecule has 0 heterocycles. The second kappa shape index (κ2) is 6.29. The zero-order valence-corrected chi connectivity index (χ0v) is 12.5. The third-order valence-corrected chi connectivity index (χ3v) is 4.54. The molecule has 1 N–H and O–H groups in total. The summed E-state index contributed by atoms with van der Waals surface area (Å²) < 4.78 is 0. The minimum Gasteiger partial charge on any atom is -0.481 e. The molecule has 3 nitrogen and oxygen atoms in total. The van der Waals surface area contributed by atoms with E-state index in [0.29, 0.717) is 12.5 Å². The van der Waals surface area contributed by atoms with E-state index in [0.717, 1.165) is 37.9 Å². The summed E-state index contributed by atoms with van der Waals surface area (Å²) in [4.78, 5) is 14.1. The molecule has 1 saturated carbocycles. The Morgan fingerprint density at radius 2 is 2.10 bits per heavy atom. The van der Waals surface area contributed by atoms with Gasteiger partial charge in [0.1, 0.15) is 0 Å². The first-order valence-electron chi connectivity index (χ1n) is 7.61. The number of carbonyl (C=O) groups is 1. The van der Waals surface area contributed by atoms with Gasteiger partial charge in [-0.2, -0.15) is 0 Å². The highest BCUT2D eigenvalue weighted by Crippen LogP contribution is 2.41. The van der Waals surface area contributed by atoms with Crippen LogP contribution in [0, 0.1) is 11.3 Å². The highest BCUT2D eigenvalue weighted by atomic mass is 16.4. The predicted octanol–water partition coefficient (Wildman–Crippen LogP) is 3.79. The quantitative estimate of drug-likeness (QED) is 0.888. The molecule has 0 spiro atoms. The lowest BCUT2D eigenvalue weighted by Crippen LogP contribution is -2.46. The van der Waals surface area contributed by atoms with Crippen LogP contribution in [0.3, 0.4) is 0 Å². The van der Waals surface area contributed by atoms with Gasteiger partial charge in [-0.15, -0.1) is 0 Å². The molecule has 2 rings (SSSR count). The van der Waals surface area contributed by atoms with Gasteiger partial charge in [-0.25, -0.2) is 0 Å². The largest absolute Gasteiger partial charge is 0.481 e. The van der Waals surface area contributed by atoms with Crippen molar-refractivity contribution >= 4 is 11.7 Å². The summed E-state index contributed by atoms with van der Waals surface area (Å²) in [7, 11) is 0. The molecule has 2 atom stereocenters. The Labute approximate surface area is 121 Å². The van der Waals surface area contributed by atoms with Crippen molar-refractivity contribution in [3.05, 3.63) is 30.3 Å². The van der Waals surface area contributed by atoms with Crippen molar-refractivity contribution in [1.82, 2.24) is 0 Å². The number of hydrogen-bond acceptors (Lipinski definition) is 2. The normalized spacial score (nSPS) is 26.2. The summed E-state index contributed by atoms with van der Waals surface area (Å²) in [6.07, 6.45) is 3.79. The molecule has 20 heavy (non-hydrogen) atoms. The lowest BCUT2D eigenvalue weighted by atomic mass is 9.69. The number of aliphatic carboxylic acids is 1. The fourth-order valence-corrected chi connectivity index (χ4v) is 3.46. The summed E-state index contributed by atoms with van der Waals surface area (Å²) >= 11 is 0. The third kappa shape index (κ3) is 3.14. The second-order valence-electron chi connectivity index (χ2n) is 6.14. The fourth-order valence-electron chi connectivity index (χ4n) is 3.46. The second-order valence-corrected chi connectivity index (χ2v) is 6.14. The molecule has 0 radical (unpaired) electrons. The minimum atomic E-state index is -0.626. The zero-order valence-electron chi connectivity index (χ0n) is 12.5. The van der Waals surface area contributed by atoms with Crippen LogP contribution < -0.4 is 4.90 Å². The number of benzene rings is 1. The van der Waals surface area contributed by atoms with Gasteiger partial charge < -0.3 is 10.0 Å². The molecule has 110 valence electrons. The molecular weight excluding hydrogens is 250 g/mol. The lowest BCUT2D eigenvalue weighted by molar-refractivity contribution is -0.151. The molecule has 0 bridgehead atoms. The molecule has 1 fully saturated rings. The maximum atomic E-state index is 11.9. The van der Waals surface area contributed by atoms with Gasteiger partial charge in [0, 0.05) is 18.8 Å². The summed E-state index contributed by atoms with van der Waals surface area (Å²) in [6, 6.07) is 10.1. The van der Waals surface area contributed by atoms with E-state index < -0.39 is 11.4 Å². The number of carboxylic acid groups (broad SMARTS) is 1. The molecule has 1 aromatic carbocycles. The van der Waals surface area contributed by atoms with E-state index in [1.54, 1.807) is 0 Å². The van der Waals surface area contributed by atoms with E-state index in [1.807, 2.05) is 18.2 Å². The number of anilines is 1. The van der Waals surface area contributed by atoms with E-state index in [1.165, 1.54) is 0 Å². The summed E-state index contributed by atoms with van der Waals surface area (Å²) in [5, 5.41) is 9.77. The molecule has 1 aliphatic rings. The van der Waals surface area contributed by atoms with Crippen LogP contribution >= 0.6 is 0 Å². The van der Waals surface area contributed by atoms with Crippen molar-refractivity contribution in [3.63, 3.8) is 0 Å². The number of rotatable bonds is 5. The van der Waals surface area contributed by atoms with Gasteiger partial charge in [0.05, 0.1) is 5.41 Å². The first-order valence-corrected chi connectivity index (χ1v) is 7.61. The third-order valence-electron chi connectivity index (χ3n) is 4.54. The van der Waals surface area contributed by atoms with Gasteiger partial charge in [0.15, 0.2) is 0 Å². The van der Waals surface area contributed by atoms with Gasteiger partial charge in [0.2, 0.25) is 0 Å². The van der Waals surface area contributed by atoms with Crippen molar-refractivity contribution in [2.45, 2.75) is 39.5 Å². The topological polar surface area (TPSA) is 40.5 Å². The monoisotopic (exact) mass is 275 g/mol. The van der Waals surface area contributed by atoms with Crippen LogP contribution in [0.2, 0.25) is 0 Å². The van der Waals surface area contributed by atoms with E-state index in [-0.39, 0.29) is 0 Å². The molecule has 1 aromatic rings. The van der Waals surface area contributed by atoms with E-state index in [2.05, 4.69) is 30.9 Å². The zero-order chi connectivity index (χ0) is 14.6. The van der Waals surface area contributed by atoms with Gasteiger partial charge >= 0.3 is 5.97 Å². The van der Waals surface area contributed by atoms with Crippen LogP contribution in [-0.4, -0.2) is 24.2 Å². The average molecular weight is 275 g/mol. The maximum Gasteiger partial charge on any atom is 0.311 e. The van der Waals surface area contributed by atoms with E-state index >= 15 is 0 Å². The number of carboxylic acids is 1. The Morgan fingerprint density at radius 3 is 2.65 bits per heavy atom. The molecule has 1 aliphatic carbocycles. The van der Waals surface area contributed by atoms with Gasteiger partial charge in [-0.1, -0.05) is 38.0 Å². The van der Waals surface area contributed by atoms with Crippen LogP contribution in [0.15, 0.2) is 30.3 Å². The smallest absolute Gasteiger partial charge is 0.311 e. The Bertz CT molecular complexity index is 446. The van der Waals surface area contributed by atoms with Gasteiger partial charge in [-0.3, -0.25) is 4.79 Å². The Kier molecular flexibility index (Phi) is 4.69.